The zero-order valence-corrected chi connectivity index (χ0v) is 11.7. The number of amides is 1. The number of benzene rings is 2. The molecule has 110 valence electrons. The van der Waals surface area contributed by atoms with Crippen LogP contribution in [0.25, 0.3) is 11.3 Å². The number of rotatable bonds is 4. The van der Waals surface area contributed by atoms with Crippen LogP contribution in [0, 0.1) is 0 Å². The molecule has 0 unspecified atom stereocenters. The highest BCUT2D eigenvalue weighted by Crippen LogP contribution is 2.21. The Labute approximate surface area is 127 Å². The summed E-state index contributed by atoms with van der Waals surface area (Å²) in [5, 5.41) is 2.46. The van der Waals surface area contributed by atoms with E-state index in [0.717, 1.165) is 11.1 Å². The molecular weight excluding hydrogens is 280 g/mol. The highest BCUT2D eigenvalue weighted by Gasteiger charge is 2.10. The third-order valence-corrected chi connectivity index (χ3v) is 2.99. The van der Waals surface area contributed by atoms with Gasteiger partial charge in [0, 0.05) is 5.56 Å². The molecule has 2 aromatic carbocycles. The Bertz CT molecular complexity index is 739. The van der Waals surface area contributed by atoms with Gasteiger partial charge in [-0.15, -0.1) is 0 Å². The minimum absolute atomic E-state index is 0.108. The van der Waals surface area contributed by atoms with Gasteiger partial charge < -0.3 is 9.15 Å². The Balaban J connectivity index is 1.57. The molecule has 1 amide bonds. The smallest absolute Gasteiger partial charge is 0.415 e. The molecule has 0 aliphatic heterocycles. The Hall–Kier alpha value is -3.08. The van der Waals surface area contributed by atoms with E-state index in [1.165, 1.54) is 0 Å². The summed E-state index contributed by atoms with van der Waals surface area (Å²) in [6, 6.07) is 19.1. The van der Waals surface area contributed by atoms with Crippen LogP contribution in [0.2, 0.25) is 0 Å². The van der Waals surface area contributed by atoms with Crippen LogP contribution in [0.1, 0.15) is 5.56 Å². The molecule has 1 aromatic heterocycles. The maximum Gasteiger partial charge on any atom is 0.415 e. The number of carbonyl (C=O) groups excluding carboxylic acids is 1. The summed E-state index contributed by atoms with van der Waals surface area (Å²) in [5.74, 6) is 0.582. The maximum atomic E-state index is 11.7. The lowest BCUT2D eigenvalue weighted by Crippen LogP contribution is -2.13. The van der Waals surface area contributed by atoms with E-state index in [1.807, 2.05) is 60.7 Å². The minimum atomic E-state index is -0.606. The van der Waals surface area contributed by atoms with Crippen molar-refractivity contribution in [3.63, 3.8) is 0 Å². The summed E-state index contributed by atoms with van der Waals surface area (Å²) in [6.07, 6.45) is 0.951. The fourth-order valence-corrected chi connectivity index (χ4v) is 1.91. The van der Waals surface area contributed by atoms with E-state index < -0.39 is 6.09 Å². The highest BCUT2D eigenvalue weighted by molar-refractivity contribution is 5.82. The van der Waals surface area contributed by atoms with Crippen molar-refractivity contribution in [2.75, 3.05) is 5.32 Å². The second-order valence-electron chi connectivity index (χ2n) is 4.58. The Kier molecular flexibility index (Phi) is 4.15. The van der Waals surface area contributed by atoms with Crippen LogP contribution in [0.5, 0.6) is 0 Å². The van der Waals surface area contributed by atoms with Crippen LogP contribution in [-0.2, 0) is 11.3 Å². The van der Waals surface area contributed by atoms with Gasteiger partial charge >= 0.3 is 12.1 Å². The molecule has 0 saturated heterocycles. The van der Waals surface area contributed by atoms with E-state index in [9.17, 15) is 4.79 Å². The normalized spacial score (nSPS) is 10.2. The second-order valence-corrected chi connectivity index (χ2v) is 4.58. The number of hydrogen-bond acceptors (Lipinski definition) is 4. The van der Waals surface area contributed by atoms with Gasteiger partial charge in [-0.2, -0.15) is 0 Å². The van der Waals surface area contributed by atoms with Crippen LogP contribution >= 0.6 is 0 Å². The molecule has 0 radical (unpaired) electrons. The fourth-order valence-electron chi connectivity index (χ4n) is 1.91. The van der Waals surface area contributed by atoms with Crippen LogP contribution in [0.4, 0.5) is 10.8 Å². The number of carbonyl (C=O) groups is 1. The summed E-state index contributed by atoms with van der Waals surface area (Å²) in [7, 11) is 0. The van der Waals surface area contributed by atoms with Crippen LogP contribution in [0.3, 0.4) is 0 Å². The van der Waals surface area contributed by atoms with Gasteiger partial charge in [0.2, 0.25) is 0 Å². The average Bonchev–Trinajstić information content (AvgIpc) is 3.03. The van der Waals surface area contributed by atoms with E-state index in [-0.39, 0.29) is 12.6 Å². The zero-order chi connectivity index (χ0) is 15.2. The maximum absolute atomic E-state index is 11.7. The van der Waals surface area contributed by atoms with Crippen molar-refractivity contribution in [3.8, 4) is 11.3 Å². The number of ether oxygens (including phenoxy) is 1. The molecule has 0 fully saturated rings. The Morgan fingerprint density at radius 1 is 1.05 bits per heavy atom. The molecular formula is C17H14N2O3. The molecule has 0 bridgehead atoms. The van der Waals surface area contributed by atoms with Gasteiger partial charge in [0.1, 0.15) is 6.61 Å². The van der Waals surface area contributed by atoms with Crippen molar-refractivity contribution >= 4 is 12.1 Å². The third kappa shape index (κ3) is 3.52. The number of nitrogens with one attached hydrogen (secondary N) is 1. The molecule has 1 N–H and O–H groups in total. The molecule has 3 rings (SSSR count). The lowest BCUT2D eigenvalue weighted by molar-refractivity contribution is 0.154. The summed E-state index contributed by atoms with van der Waals surface area (Å²) >= 11 is 0. The average molecular weight is 294 g/mol. The monoisotopic (exact) mass is 294 g/mol. The zero-order valence-electron chi connectivity index (χ0n) is 11.7. The largest absolute Gasteiger partial charge is 0.444 e. The van der Waals surface area contributed by atoms with Crippen LogP contribution < -0.4 is 5.32 Å². The minimum Gasteiger partial charge on any atom is -0.444 e. The van der Waals surface area contributed by atoms with E-state index in [1.54, 1.807) is 6.20 Å². The predicted octanol–water partition coefficient (Wildman–Crippen LogP) is 4.09. The van der Waals surface area contributed by atoms with Gasteiger partial charge in [0.15, 0.2) is 5.76 Å². The molecule has 0 spiro atoms. The predicted molar refractivity (Wildman–Crippen MR) is 82.2 cm³/mol. The first-order valence-electron chi connectivity index (χ1n) is 6.80. The van der Waals surface area contributed by atoms with Gasteiger partial charge in [-0.3, -0.25) is 0 Å². The SMILES string of the molecule is O=C(Nc1ncc(-c2ccccc2)o1)OCc1ccccc1. The summed E-state index contributed by atoms with van der Waals surface area (Å²) in [4.78, 5) is 15.7. The molecule has 0 aliphatic rings. The van der Waals surface area contributed by atoms with Crippen molar-refractivity contribution in [1.82, 2.24) is 4.98 Å². The lowest BCUT2D eigenvalue weighted by atomic mass is 10.2. The summed E-state index contributed by atoms with van der Waals surface area (Å²) in [6.45, 7) is 0.193. The second kappa shape index (κ2) is 6.58. The van der Waals surface area contributed by atoms with Gasteiger partial charge in [-0.1, -0.05) is 60.7 Å². The molecule has 0 aliphatic carbocycles. The third-order valence-electron chi connectivity index (χ3n) is 2.99. The molecule has 0 saturated carbocycles. The van der Waals surface area contributed by atoms with E-state index >= 15 is 0 Å². The molecule has 1 heterocycles. The Morgan fingerprint density at radius 2 is 1.73 bits per heavy atom. The van der Waals surface area contributed by atoms with Gasteiger partial charge in [-0.25, -0.2) is 15.1 Å². The number of hydrogen-bond donors (Lipinski definition) is 1. The lowest BCUT2D eigenvalue weighted by Gasteiger charge is -2.04. The molecule has 5 nitrogen and oxygen atoms in total. The van der Waals surface area contributed by atoms with Crippen LogP contribution in [0.15, 0.2) is 71.3 Å². The van der Waals surface area contributed by atoms with E-state index in [0.29, 0.717) is 5.76 Å². The van der Waals surface area contributed by atoms with Crippen molar-refractivity contribution in [1.29, 1.82) is 0 Å². The van der Waals surface area contributed by atoms with Gasteiger partial charge in [-0.05, 0) is 5.56 Å². The fraction of sp³-hybridized carbons (Fsp3) is 0.0588. The molecule has 5 heteroatoms. The van der Waals surface area contributed by atoms with Crippen molar-refractivity contribution in [2.45, 2.75) is 6.61 Å². The molecule has 0 atom stereocenters. The number of nitrogens with zero attached hydrogens (tertiary/aromatic N) is 1. The Morgan fingerprint density at radius 3 is 2.45 bits per heavy atom. The standard InChI is InChI=1S/C17H14N2O3/c20-17(21-12-13-7-3-1-4-8-13)19-16-18-11-15(22-16)14-9-5-2-6-10-14/h1-11H,12H2,(H,18,19,20). The van der Waals surface area contributed by atoms with Gasteiger partial charge in [0.25, 0.3) is 0 Å². The van der Waals surface area contributed by atoms with E-state index in [4.69, 9.17) is 9.15 Å². The molecule has 22 heavy (non-hydrogen) atoms. The topological polar surface area (TPSA) is 64.4 Å². The van der Waals surface area contributed by atoms with Crippen molar-refractivity contribution in [2.24, 2.45) is 0 Å². The van der Waals surface area contributed by atoms with Crippen molar-refractivity contribution < 1.29 is 13.9 Å². The molecule has 3 aromatic rings. The highest BCUT2D eigenvalue weighted by atomic mass is 16.6. The van der Waals surface area contributed by atoms with E-state index in [2.05, 4.69) is 10.3 Å². The first-order chi connectivity index (χ1) is 10.8. The first kappa shape index (κ1) is 13.9. The summed E-state index contributed by atoms with van der Waals surface area (Å²) in [5.41, 5.74) is 1.80. The number of oxazole rings is 1. The first-order valence-corrected chi connectivity index (χ1v) is 6.80. The van der Waals surface area contributed by atoms with Gasteiger partial charge in [0.05, 0.1) is 6.20 Å². The quantitative estimate of drug-likeness (QED) is 0.787. The van der Waals surface area contributed by atoms with Crippen LogP contribution in [-0.4, -0.2) is 11.1 Å². The number of aromatic nitrogens is 1. The number of anilines is 1. The van der Waals surface area contributed by atoms with Crippen molar-refractivity contribution in [3.05, 3.63) is 72.4 Å². The summed E-state index contributed by atoms with van der Waals surface area (Å²) < 4.78 is 10.6.